The van der Waals surface area contributed by atoms with Gasteiger partial charge in [0.1, 0.15) is 0 Å². The minimum atomic E-state index is -0.895. The number of carboxylic acids is 1. The molecule has 0 spiro atoms. The lowest BCUT2D eigenvalue weighted by Crippen LogP contribution is -2.41. The van der Waals surface area contributed by atoms with Gasteiger partial charge >= 0.3 is 5.97 Å². The topological polar surface area (TPSA) is 80.4 Å². The lowest BCUT2D eigenvalue weighted by atomic mass is 9.94. The molecule has 0 heterocycles. The fourth-order valence-electron chi connectivity index (χ4n) is 1.71. The summed E-state index contributed by atoms with van der Waals surface area (Å²) < 4.78 is -0.690. The van der Waals surface area contributed by atoms with E-state index in [9.17, 15) is 9.59 Å². The lowest BCUT2D eigenvalue weighted by Gasteiger charge is -2.29. The molecule has 1 amide bonds. The highest BCUT2D eigenvalue weighted by Gasteiger charge is 2.36. The first-order valence-electron chi connectivity index (χ1n) is 6.14. The Morgan fingerprint density at radius 1 is 1.18 bits per heavy atom. The van der Waals surface area contributed by atoms with Gasteiger partial charge in [0.2, 0.25) is 5.91 Å². The van der Waals surface area contributed by atoms with Crippen molar-refractivity contribution < 1.29 is 14.7 Å². The van der Waals surface area contributed by atoms with Crippen molar-refractivity contribution in [3.63, 3.8) is 0 Å². The van der Waals surface area contributed by atoms with E-state index in [4.69, 9.17) is 10.8 Å². The van der Waals surface area contributed by atoms with Crippen LogP contribution in [0.5, 0.6) is 0 Å². The van der Waals surface area contributed by atoms with Gasteiger partial charge in [0.05, 0.1) is 10.5 Å². The molecule has 0 unspecified atom stereocenters. The number of aliphatic carboxylic acids is 1. The number of primary amides is 1. The molecule has 0 aliphatic heterocycles. The number of unbranched alkanes of at least 4 members (excludes halogenated alkanes) is 2. The monoisotopic (exact) mass is 261 g/mol. The third kappa shape index (κ3) is 5.96. The van der Waals surface area contributed by atoms with Gasteiger partial charge in [0.25, 0.3) is 0 Å². The normalized spacial score (nSPS) is 11.4. The average molecular weight is 261 g/mol. The zero-order valence-corrected chi connectivity index (χ0v) is 11.5. The Kier molecular flexibility index (Phi) is 8.04. The molecule has 0 aliphatic rings. The minimum absolute atomic E-state index is 0.0592. The summed E-state index contributed by atoms with van der Waals surface area (Å²) in [5.74, 6) is -1.32. The van der Waals surface area contributed by atoms with Crippen molar-refractivity contribution >= 4 is 23.6 Å². The van der Waals surface area contributed by atoms with E-state index in [-0.39, 0.29) is 11.7 Å². The molecular weight excluding hydrogens is 238 g/mol. The molecule has 4 nitrogen and oxygen atoms in total. The molecule has 0 saturated heterocycles. The van der Waals surface area contributed by atoms with E-state index in [1.165, 1.54) is 11.8 Å². The molecule has 0 aromatic rings. The van der Waals surface area contributed by atoms with E-state index in [1.54, 1.807) is 0 Å². The van der Waals surface area contributed by atoms with Crippen molar-refractivity contribution in [2.45, 2.75) is 57.1 Å². The largest absolute Gasteiger partial charge is 0.481 e. The van der Waals surface area contributed by atoms with Crippen molar-refractivity contribution in [2.75, 3.05) is 5.75 Å². The summed E-state index contributed by atoms with van der Waals surface area (Å²) in [5, 5.41) is 8.74. The maximum absolute atomic E-state index is 11.7. The molecule has 0 saturated carbocycles. The van der Waals surface area contributed by atoms with E-state index in [0.717, 1.165) is 25.7 Å². The highest BCUT2D eigenvalue weighted by molar-refractivity contribution is 8.02. The molecule has 0 atom stereocenters. The van der Waals surface area contributed by atoms with Gasteiger partial charge < -0.3 is 10.8 Å². The molecule has 5 heteroatoms. The lowest BCUT2D eigenvalue weighted by molar-refractivity contribution is -0.133. The average Bonchev–Trinajstić information content (AvgIpc) is 2.28. The Morgan fingerprint density at radius 2 is 1.65 bits per heavy atom. The zero-order chi connectivity index (χ0) is 13.3. The smallest absolute Gasteiger partial charge is 0.313 e. The van der Waals surface area contributed by atoms with Gasteiger partial charge in [0.15, 0.2) is 0 Å². The Morgan fingerprint density at radius 3 is 1.94 bits per heavy atom. The summed E-state index contributed by atoms with van der Waals surface area (Å²) >= 11 is 1.19. The van der Waals surface area contributed by atoms with Crippen molar-refractivity contribution in [1.29, 1.82) is 0 Å². The molecule has 0 fully saturated rings. The number of carbonyl (C=O) groups is 2. The van der Waals surface area contributed by atoms with Crippen LogP contribution in [-0.4, -0.2) is 27.5 Å². The summed E-state index contributed by atoms with van der Waals surface area (Å²) in [5.41, 5.74) is 5.49. The maximum atomic E-state index is 11.7. The molecule has 3 N–H and O–H groups in total. The maximum Gasteiger partial charge on any atom is 0.313 e. The first-order valence-corrected chi connectivity index (χ1v) is 7.12. The number of nitrogens with two attached hydrogens (primary N) is 1. The number of carboxylic acid groups (broad SMARTS) is 1. The Balaban J connectivity index is 4.68. The molecule has 17 heavy (non-hydrogen) atoms. The summed E-state index contributed by atoms with van der Waals surface area (Å²) in [6.07, 6.45) is 5.12. The number of thioether (sulfide) groups is 1. The number of amides is 1. The number of hydrogen-bond donors (Lipinski definition) is 2. The van der Waals surface area contributed by atoms with Gasteiger partial charge in [-0.15, -0.1) is 11.8 Å². The van der Waals surface area contributed by atoms with Crippen LogP contribution in [0.1, 0.15) is 52.4 Å². The molecule has 0 aliphatic carbocycles. The second kappa shape index (κ2) is 8.39. The molecule has 0 radical (unpaired) electrons. The number of hydrogen-bond acceptors (Lipinski definition) is 3. The summed E-state index contributed by atoms with van der Waals surface area (Å²) in [6.45, 7) is 4.10. The molecule has 0 aromatic carbocycles. The molecule has 0 rings (SSSR count). The highest BCUT2D eigenvalue weighted by Crippen LogP contribution is 2.35. The fraction of sp³-hybridized carbons (Fsp3) is 0.833. The SMILES string of the molecule is CCCCC(CCCC)(SCC(=O)O)C(N)=O. The third-order valence-corrected chi connectivity index (χ3v) is 4.34. The van der Waals surface area contributed by atoms with Crippen molar-refractivity contribution in [3.8, 4) is 0 Å². The van der Waals surface area contributed by atoms with Crippen LogP contribution in [0.25, 0.3) is 0 Å². The van der Waals surface area contributed by atoms with Crippen LogP contribution in [0.3, 0.4) is 0 Å². The van der Waals surface area contributed by atoms with Gasteiger partial charge in [-0.05, 0) is 12.8 Å². The van der Waals surface area contributed by atoms with Gasteiger partial charge in [-0.1, -0.05) is 39.5 Å². The van der Waals surface area contributed by atoms with Gasteiger partial charge in [-0.25, -0.2) is 0 Å². The Bertz CT molecular complexity index is 248. The van der Waals surface area contributed by atoms with Crippen LogP contribution in [-0.2, 0) is 9.59 Å². The fourth-order valence-corrected chi connectivity index (χ4v) is 2.83. The first kappa shape index (κ1) is 16.3. The van der Waals surface area contributed by atoms with Crippen molar-refractivity contribution in [2.24, 2.45) is 5.73 Å². The summed E-state index contributed by atoms with van der Waals surface area (Å²) in [6, 6.07) is 0. The van der Waals surface area contributed by atoms with Crippen molar-refractivity contribution in [3.05, 3.63) is 0 Å². The van der Waals surface area contributed by atoms with E-state index >= 15 is 0 Å². The quantitative estimate of drug-likeness (QED) is 0.633. The first-order chi connectivity index (χ1) is 7.98. The van der Waals surface area contributed by atoms with Crippen LogP contribution in [0.4, 0.5) is 0 Å². The number of rotatable bonds is 10. The summed E-state index contributed by atoms with van der Waals surface area (Å²) in [7, 11) is 0. The predicted molar refractivity (Wildman–Crippen MR) is 71.1 cm³/mol. The predicted octanol–water partition coefficient (Wildman–Crippen LogP) is 2.41. The second-order valence-electron chi connectivity index (χ2n) is 4.25. The standard InChI is InChI=1S/C12H23NO3S/c1-3-5-7-12(11(13)16,8-6-4-2)17-9-10(14)15/h3-9H2,1-2H3,(H2,13,16)(H,14,15). The van der Waals surface area contributed by atoms with E-state index in [1.807, 2.05) is 13.8 Å². The van der Waals surface area contributed by atoms with E-state index < -0.39 is 10.7 Å². The molecule has 0 aromatic heterocycles. The molecule has 100 valence electrons. The van der Waals surface area contributed by atoms with Crippen molar-refractivity contribution in [1.82, 2.24) is 0 Å². The van der Waals surface area contributed by atoms with Gasteiger partial charge in [-0.3, -0.25) is 9.59 Å². The number of carbonyl (C=O) groups excluding carboxylic acids is 1. The van der Waals surface area contributed by atoms with E-state index in [2.05, 4.69) is 0 Å². The van der Waals surface area contributed by atoms with E-state index in [0.29, 0.717) is 12.8 Å². The molecular formula is C12H23NO3S. The zero-order valence-electron chi connectivity index (χ0n) is 10.7. The molecule has 0 bridgehead atoms. The van der Waals surface area contributed by atoms with Crippen LogP contribution in [0.15, 0.2) is 0 Å². The van der Waals surface area contributed by atoms with Crippen LogP contribution >= 0.6 is 11.8 Å². The van der Waals surface area contributed by atoms with Crippen LogP contribution < -0.4 is 5.73 Å². The minimum Gasteiger partial charge on any atom is -0.481 e. The second-order valence-corrected chi connectivity index (χ2v) is 5.61. The Labute approximate surface area is 107 Å². The van der Waals surface area contributed by atoms with Gasteiger partial charge in [0, 0.05) is 0 Å². The van der Waals surface area contributed by atoms with Crippen LogP contribution in [0.2, 0.25) is 0 Å². The highest BCUT2D eigenvalue weighted by atomic mass is 32.2. The Hall–Kier alpha value is -0.710. The summed E-state index contributed by atoms with van der Waals surface area (Å²) in [4.78, 5) is 22.3. The van der Waals surface area contributed by atoms with Gasteiger partial charge in [-0.2, -0.15) is 0 Å². The third-order valence-electron chi connectivity index (χ3n) is 2.79. The van der Waals surface area contributed by atoms with Crippen LogP contribution in [0, 0.1) is 0 Å².